The van der Waals surface area contributed by atoms with E-state index in [1.165, 1.54) is 0 Å². The van der Waals surface area contributed by atoms with E-state index in [1.807, 2.05) is 0 Å². The topological polar surface area (TPSA) is 371 Å². The van der Waals surface area contributed by atoms with E-state index in [4.69, 9.17) is 85.3 Å². The fraction of sp³-hybridized carbons (Fsp3) is 0.760. The second-order valence-corrected chi connectivity index (χ2v) is 18.7. The number of esters is 12. The van der Waals surface area contributed by atoms with Crippen LogP contribution in [-0.2, 0) is 143 Å². The molecule has 30 nitrogen and oxygen atoms in total. The van der Waals surface area contributed by atoms with Gasteiger partial charge in [-0.25, -0.2) is 0 Å². The van der Waals surface area contributed by atoms with E-state index in [0.29, 0.717) is 0 Å². The molecule has 0 N–H and O–H groups in total. The summed E-state index contributed by atoms with van der Waals surface area (Å²) in [5, 5.41) is 0. The molecule has 0 saturated carbocycles. The van der Waals surface area contributed by atoms with Crippen LogP contribution in [-0.4, -0.2) is 207 Å². The first-order valence-corrected chi connectivity index (χ1v) is 25.4. The van der Waals surface area contributed by atoms with Crippen molar-refractivity contribution in [2.75, 3.05) is 13.2 Å². The third-order valence-corrected chi connectivity index (χ3v) is 12.2. The van der Waals surface area contributed by atoms with Gasteiger partial charge in [-0.05, 0) is 12.8 Å². The second kappa shape index (κ2) is 29.7. The molecule has 450 valence electrons. The summed E-state index contributed by atoms with van der Waals surface area (Å²) in [4.78, 5) is 154. The molecule has 80 heavy (non-hydrogen) atoms. The number of hydrogen-bond donors (Lipinski definition) is 0. The van der Waals surface area contributed by atoms with E-state index in [2.05, 4.69) is 0 Å². The highest BCUT2D eigenvalue weighted by Crippen LogP contribution is 2.42. The molecule has 0 aliphatic carbocycles. The summed E-state index contributed by atoms with van der Waals surface area (Å²) in [6.45, 7) is 13.6. The van der Waals surface area contributed by atoms with E-state index < -0.39 is 207 Å². The van der Waals surface area contributed by atoms with Gasteiger partial charge in [0.25, 0.3) is 0 Å². The molecule has 4 aliphatic heterocycles. The summed E-state index contributed by atoms with van der Waals surface area (Å²) < 4.78 is 107. The zero-order valence-corrected chi connectivity index (χ0v) is 46.6. The number of rotatable bonds is 21. The molecule has 0 aromatic rings. The van der Waals surface area contributed by atoms with Crippen molar-refractivity contribution in [3.63, 3.8) is 0 Å². The van der Waals surface area contributed by atoms with Crippen LogP contribution >= 0.6 is 0 Å². The van der Waals surface area contributed by atoms with E-state index in [-0.39, 0.29) is 12.8 Å². The van der Waals surface area contributed by atoms with Gasteiger partial charge in [-0.3, -0.25) is 57.5 Å². The summed E-state index contributed by atoms with van der Waals surface area (Å²) in [6, 6.07) is 0. The van der Waals surface area contributed by atoms with Gasteiger partial charge in [0, 0.05) is 83.1 Å². The number of hydrogen-bond acceptors (Lipinski definition) is 30. The van der Waals surface area contributed by atoms with Gasteiger partial charge in [-0.1, -0.05) is 13.8 Å². The van der Waals surface area contributed by atoms with Gasteiger partial charge >= 0.3 is 71.6 Å². The third kappa shape index (κ3) is 18.2. The minimum atomic E-state index is -2.00. The Hall–Kier alpha value is -6.60. The van der Waals surface area contributed by atoms with Crippen molar-refractivity contribution in [1.82, 2.24) is 0 Å². The number of carbonyl (C=O) groups is 12. The monoisotopic (exact) mass is 1150 g/mol. The van der Waals surface area contributed by atoms with E-state index in [9.17, 15) is 57.5 Å². The van der Waals surface area contributed by atoms with Crippen LogP contribution in [0.2, 0.25) is 0 Å². The molecule has 4 heterocycles. The van der Waals surface area contributed by atoms with Gasteiger partial charge < -0.3 is 85.3 Å². The van der Waals surface area contributed by atoms with Crippen LogP contribution < -0.4 is 0 Å². The molecule has 0 aromatic carbocycles. The molecule has 4 saturated heterocycles. The minimum Gasteiger partial charge on any atom is -0.463 e. The van der Waals surface area contributed by atoms with Crippen molar-refractivity contribution in [3.05, 3.63) is 0 Å². The molecule has 8 unspecified atom stereocenters. The maximum Gasteiger partial charge on any atom is 0.303 e. The predicted octanol–water partition coefficient (Wildman–Crippen LogP) is 0.00460. The van der Waals surface area contributed by atoms with Crippen molar-refractivity contribution < 1.29 is 143 Å². The van der Waals surface area contributed by atoms with Gasteiger partial charge in [0.15, 0.2) is 73.6 Å². The van der Waals surface area contributed by atoms with Gasteiger partial charge in [-0.2, -0.15) is 0 Å². The number of carbonyl (C=O) groups excluding carboxylic acids is 12. The van der Waals surface area contributed by atoms with Crippen molar-refractivity contribution in [3.8, 4) is 0 Å². The van der Waals surface area contributed by atoms with E-state index in [0.717, 1.165) is 83.1 Å². The normalized spacial score (nSPS) is 33.8. The van der Waals surface area contributed by atoms with Crippen LogP contribution in [0.4, 0.5) is 0 Å². The van der Waals surface area contributed by atoms with Crippen molar-refractivity contribution in [2.45, 2.75) is 232 Å². The Kier molecular flexibility index (Phi) is 24.5. The Morgan fingerprint density at radius 1 is 0.263 bits per heavy atom. The van der Waals surface area contributed by atoms with Crippen LogP contribution in [0.1, 0.15) is 110 Å². The largest absolute Gasteiger partial charge is 0.463 e. The van der Waals surface area contributed by atoms with Gasteiger partial charge in [0.2, 0.25) is 0 Å². The van der Waals surface area contributed by atoms with Crippen LogP contribution in [0.15, 0.2) is 0 Å². The van der Waals surface area contributed by atoms with Crippen LogP contribution in [0.25, 0.3) is 0 Å². The van der Waals surface area contributed by atoms with Crippen LogP contribution in [0.3, 0.4) is 0 Å². The Morgan fingerprint density at radius 2 is 0.487 bits per heavy atom. The third-order valence-electron chi connectivity index (χ3n) is 12.2. The van der Waals surface area contributed by atoms with Crippen molar-refractivity contribution >= 4 is 71.6 Å². The average molecular weight is 1150 g/mol. The summed E-state index contributed by atoms with van der Waals surface area (Å²) >= 11 is 0. The SMILES string of the molecule is CCC1O[C@H](O[C@@H]2C(COC(C)=O)O[C@H]([C@H]3OC(COC(C)=O)[C@@H](O[C@H]4OC(CC)[C@@H](OC(C)=O)[C@H](OC(C)=O)C4OC(C)=O)[C@H](OC(C)=O)C3OC(C)=O)C(OC(C)=O)[C@H]2OC(C)=O)C(OC(C)=O)[C@@H](OC(C)=O)[C@@H]1OC(C)=O. The fourth-order valence-corrected chi connectivity index (χ4v) is 9.61. The van der Waals surface area contributed by atoms with Crippen molar-refractivity contribution in [1.29, 1.82) is 0 Å². The first-order chi connectivity index (χ1) is 37.5. The zero-order chi connectivity index (χ0) is 60.0. The van der Waals surface area contributed by atoms with Crippen LogP contribution in [0.5, 0.6) is 0 Å². The van der Waals surface area contributed by atoms with Gasteiger partial charge in [0.05, 0.1) is 0 Å². The smallest absolute Gasteiger partial charge is 0.303 e. The fourth-order valence-electron chi connectivity index (χ4n) is 9.61. The molecule has 0 aromatic heterocycles. The van der Waals surface area contributed by atoms with Crippen molar-refractivity contribution in [2.24, 2.45) is 0 Å². The summed E-state index contributed by atoms with van der Waals surface area (Å²) in [6.07, 6.45) is -34.7. The molecular formula is C50H70O30. The Bertz CT molecular complexity index is 2110. The van der Waals surface area contributed by atoms with Gasteiger partial charge in [-0.15, -0.1) is 0 Å². The highest BCUT2D eigenvalue weighted by atomic mass is 16.8. The molecule has 30 heteroatoms. The first kappa shape index (κ1) is 65.9. The molecule has 0 spiro atoms. The summed E-state index contributed by atoms with van der Waals surface area (Å²) in [7, 11) is 0. The van der Waals surface area contributed by atoms with Crippen LogP contribution in [0, 0.1) is 0 Å². The molecule has 0 amide bonds. The standard InChI is InChI=1S/C50H70O30/c1-15-31-35(65-21(5)53)41(69-25(9)57)47(73-29(13)61)49(77-31)79-37-33(17-63-19(3)51)75-45(43(71-27(11)59)39(37)67-23(7)55)46-44(72-28(12)60)40(68-24(8)56)38(34(76-46)18-64-20(4)52)80-50-48(74-30(14)62)42(70-26(10)58)36(66-22(6)54)32(16-2)78-50/h31-50H,15-18H2,1-14H3/t31?,32?,33?,34?,35-,36-,37-,38-,39+,40+,41+,42+,43?,44?,45+,46+,47?,48?,49-,50-/m1/s1. The zero-order valence-electron chi connectivity index (χ0n) is 46.6. The molecule has 4 fully saturated rings. The first-order valence-electron chi connectivity index (χ1n) is 25.4. The molecule has 4 aliphatic rings. The summed E-state index contributed by atoms with van der Waals surface area (Å²) in [5.74, 6) is -11.6. The second-order valence-electron chi connectivity index (χ2n) is 18.7. The molecule has 20 atom stereocenters. The molecule has 0 radical (unpaired) electrons. The lowest BCUT2D eigenvalue weighted by atomic mass is 9.84. The average Bonchev–Trinajstić information content (AvgIpc) is 3.32. The lowest BCUT2D eigenvalue weighted by Gasteiger charge is -2.53. The lowest BCUT2D eigenvalue weighted by molar-refractivity contribution is -0.364. The summed E-state index contributed by atoms with van der Waals surface area (Å²) in [5.41, 5.74) is 0. The highest BCUT2D eigenvalue weighted by Gasteiger charge is 2.64. The Balaban J connectivity index is 2.00. The number of ether oxygens (including phenoxy) is 18. The maximum atomic E-state index is 13.3. The Morgan fingerprint density at radius 3 is 0.725 bits per heavy atom. The Labute approximate surface area is 459 Å². The predicted molar refractivity (Wildman–Crippen MR) is 254 cm³/mol. The quantitative estimate of drug-likeness (QED) is 0.108. The lowest BCUT2D eigenvalue weighted by Crippen LogP contribution is -2.72. The highest BCUT2D eigenvalue weighted by molar-refractivity contribution is 5.71. The minimum absolute atomic E-state index is 0.0310. The van der Waals surface area contributed by atoms with E-state index in [1.54, 1.807) is 13.8 Å². The molecule has 4 rings (SSSR count). The molecule has 0 bridgehead atoms. The van der Waals surface area contributed by atoms with E-state index >= 15 is 0 Å². The molecular weight excluding hydrogens is 1080 g/mol. The maximum absolute atomic E-state index is 13.3. The van der Waals surface area contributed by atoms with Gasteiger partial charge in [0.1, 0.15) is 62.0 Å².